The van der Waals surface area contributed by atoms with Gasteiger partial charge in [0.2, 0.25) is 0 Å². The number of nitrogens with zero attached hydrogens (tertiary/aromatic N) is 2. The molecule has 2 saturated heterocycles. The SMILES string of the molecule is COC[C@H]1COCCC12CCN(C(=O)N(C)C)CC2. The van der Waals surface area contributed by atoms with Crippen molar-refractivity contribution in [3.8, 4) is 0 Å². The van der Waals surface area contributed by atoms with Gasteiger partial charge in [-0.2, -0.15) is 0 Å². The maximum atomic E-state index is 12.0. The summed E-state index contributed by atoms with van der Waals surface area (Å²) in [5, 5.41) is 0. The Balaban J connectivity index is 1.97. The van der Waals surface area contributed by atoms with Gasteiger partial charge in [-0.05, 0) is 24.7 Å². The highest BCUT2D eigenvalue weighted by Gasteiger charge is 2.44. The van der Waals surface area contributed by atoms with Gasteiger partial charge in [-0.25, -0.2) is 4.79 Å². The van der Waals surface area contributed by atoms with Crippen molar-refractivity contribution in [3.05, 3.63) is 0 Å². The number of hydrogen-bond acceptors (Lipinski definition) is 3. The van der Waals surface area contributed by atoms with E-state index in [9.17, 15) is 4.79 Å². The van der Waals surface area contributed by atoms with Crippen LogP contribution in [0.1, 0.15) is 19.3 Å². The second-order valence-electron chi connectivity index (χ2n) is 6.00. The summed E-state index contributed by atoms with van der Waals surface area (Å²) in [4.78, 5) is 15.6. The van der Waals surface area contributed by atoms with Gasteiger partial charge < -0.3 is 19.3 Å². The van der Waals surface area contributed by atoms with Gasteiger partial charge in [0, 0.05) is 46.8 Å². The van der Waals surface area contributed by atoms with Crippen molar-refractivity contribution >= 4 is 6.03 Å². The van der Waals surface area contributed by atoms with Gasteiger partial charge in [0.15, 0.2) is 0 Å². The number of ether oxygens (including phenoxy) is 2. The van der Waals surface area contributed by atoms with Crippen LogP contribution in [0.25, 0.3) is 0 Å². The first-order valence-corrected chi connectivity index (χ1v) is 7.12. The maximum absolute atomic E-state index is 12.0. The van der Waals surface area contributed by atoms with Crippen LogP contribution in [-0.4, -0.2) is 69.9 Å². The Kier molecular flexibility index (Phi) is 4.68. The van der Waals surface area contributed by atoms with E-state index < -0.39 is 0 Å². The van der Waals surface area contributed by atoms with Crippen molar-refractivity contribution in [1.29, 1.82) is 0 Å². The molecule has 1 atom stereocenters. The Morgan fingerprint density at radius 3 is 2.63 bits per heavy atom. The fourth-order valence-electron chi connectivity index (χ4n) is 3.39. The lowest BCUT2D eigenvalue weighted by atomic mass is 9.66. The van der Waals surface area contributed by atoms with Crippen LogP contribution in [0.2, 0.25) is 0 Å². The molecule has 0 aromatic heterocycles. The monoisotopic (exact) mass is 270 g/mol. The number of carbonyl (C=O) groups excluding carboxylic acids is 1. The molecule has 5 heteroatoms. The Morgan fingerprint density at radius 2 is 2.05 bits per heavy atom. The van der Waals surface area contributed by atoms with E-state index in [1.54, 1.807) is 12.0 Å². The molecule has 2 aliphatic rings. The molecule has 0 radical (unpaired) electrons. The summed E-state index contributed by atoms with van der Waals surface area (Å²) in [5.74, 6) is 0.475. The van der Waals surface area contributed by atoms with E-state index in [0.717, 1.165) is 52.2 Å². The van der Waals surface area contributed by atoms with Gasteiger partial charge in [0.1, 0.15) is 0 Å². The Bertz CT molecular complexity index is 310. The van der Waals surface area contributed by atoms with Crippen LogP contribution in [0.3, 0.4) is 0 Å². The number of piperidine rings is 1. The predicted molar refractivity (Wildman–Crippen MR) is 73.1 cm³/mol. The van der Waals surface area contributed by atoms with E-state index in [1.807, 2.05) is 19.0 Å². The molecule has 0 N–H and O–H groups in total. The lowest BCUT2D eigenvalue weighted by molar-refractivity contribution is -0.0911. The second kappa shape index (κ2) is 6.09. The molecule has 2 fully saturated rings. The van der Waals surface area contributed by atoms with Crippen LogP contribution >= 0.6 is 0 Å². The lowest BCUT2D eigenvalue weighted by Gasteiger charge is -2.49. The van der Waals surface area contributed by atoms with Gasteiger partial charge in [-0.3, -0.25) is 0 Å². The van der Waals surface area contributed by atoms with E-state index >= 15 is 0 Å². The highest BCUT2D eigenvalue weighted by atomic mass is 16.5. The summed E-state index contributed by atoms with van der Waals surface area (Å²) < 4.78 is 11.0. The Hall–Kier alpha value is -0.810. The third-order valence-electron chi connectivity index (χ3n) is 4.71. The number of hydrogen-bond donors (Lipinski definition) is 0. The molecule has 0 aromatic carbocycles. The van der Waals surface area contributed by atoms with Gasteiger partial charge in [0.25, 0.3) is 0 Å². The lowest BCUT2D eigenvalue weighted by Crippen LogP contribution is -2.52. The van der Waals surface area contributed by atoms with Crippen molar-refractivity contribution < 1.29 is 14.3 Å². The number of rotatable bonds is 2. The Morgan fingerprint density at radius 1 is 1.37 bits per heavy atom. The summed E-state index contributed by atoms with van der Waals surface area (Å²) in [6.45, 7) is 4.13. The van der Waals surface area contributed by atoms with Gasteiger partial charge in [-0.1, -0.05) is 0 Å². The molecular formula is C14H26N2O3. The number of methoxy groups -OCH3 is 1. The molecule has 0 saturated carbocycles. The minimum absolute atomic E-state index is 0.130. The van der Waals surface area contributed by atoms with E-state index in [4.69, 9.17) is 9.47 Å². The van der Waals surface area contributed by atoms with Crippen molar-refractivity contribution in [1.82, 2.24) is 9.80 Å². The van der Waals surface area contributed by atoms with Crippen LogP contribution in [0.4, 0.5) is 4.79 Å². The van der Waals surface area contributed by atoms with Crippen LogP contribution in [0, 0.1) is 11.3 Å². The van der Waals surface area contributed by atoms with Crippen molar-refractivity contribution in [2.24, 2.45) is 11.3 Å². The third kappa shape index (κ3) is 3.03. The maximum Gasteiger partial charge on any atom is 0.319 e. The number of likely N-dealkylation sites (tertiary alicyclic amines) is 1. The summed E-state index contributed by atoms with van der Waals surface area (Å²) in [6.07, 6.45) is 3.25. The molecule has 0 aromatic rings. The Labute approximate surface area is 115 Å². The zero-order valence-corrected chi connectivity index (χ0v) is 12.4. The second-order valence-corrected chi connectivity index (χ2v) is 6.00. The van der Waals surface area contributed by atoms with Crippen LogP contribution in [-0.2, 0) is 9.47 Å². The molecular weight excluding hydrogens is 244 g/mol. The summed E-state index contributed by atoms with van der Waals surface area (Å²) >= 11 is 0. The minimum Gasteiger partial charge on any atom is -0.384 e. The van der Waals surface area contributed by atoms with Gasteiger partial charge >= 0.3 is 6.03 Å². The molecule has 2 heterocycles. The van der Waals surface area contributed by atoms with Crippen molar-refractivity contribution in [3.63, 3.8) is 0 Å². The molecule has 110 valence electrons. The molecule has 2 amide bonds. The molecule has 0 bridgehead atoms. The molecule has 2 rings (SSSR count). The largest absolute Gasteiger partial charge is 0.384 e. The molecule has 0 aliphatic carbocycles. The quantitative estimate of drug-likeness (QED) is 0.762. The number of urea groups is 1. The predicted octanol–water partition coefficient (Wildman–Crippen LogP) is 1.43. The smallest absolute Gasteiger partial charge is 0.319 e. The van der Waals surface area contributed by atoms with E-state index in [1.165, 1.54) is 0 Å². The molecule has 19 heavy (non-hydrogen) atoms. The van der Waals surface area contributed by atoms with Crippen LogP contribution < -0.4 is 0 Å². The van der Waals surface area contributed by atoms with Gasteiger partial charge in [0.05, 0.1) is 13.2 Å². The highest BCUT2D eigenvalue weighted by Crippen LogP contribution is 2.44. The third-order valence-corrected chi connectivity index (χ3v) is 4.71. The summed E-state index contributed by atoms with van der Waals surface area (Å²) in [7, 11) is 5.39. The summed E-state index contributed by atoms with van der Waals surface area (Å²) in [6, 6.07) is 0.130. The average molecular weight is 270 g/mol. The zero-order chi connectivity index (χ0) is 13.9. The normalized spacial score (nSPS) is 26.5. The standard InChI is InChI=1S/C14H26N2O3/c1-15(2)13(17)16-7-4-14(5-8-16)6-9-19-11-12(14)10-18-3/h12H,4-11H2,1-3H3/t12-/m0/s1. The first-order valence-electron chi connectivity index (χ1n) is 7.12. The minimum atomic E-state index is 0.130. The fourth-order valence-corrected chi connectivity index (χ4v) is 3.39. The van der Waals surface area contributed by atoms with Gasteiger partial charge in [-0.15, -0.1) is 0 Å². The summed E-state index contributed by atoms with van der Waals surface area (Å²) in [5.41, 5.74) is 0.317. The van der Waals surface area contributed by atoms with E-state index in [-0.39, 0.29) is 6.03 Å². The van der Waals surface area contributed by atoms with E-state index in [0.29, 0.717) is 11.3 Å². The number of carbonyl (C=O) groups is 1. The molecule has 2 aliphatic heterocycles. The van der Waals surface area contributed by atoms with Crippen LogP contribution in [0.15, 0.2) is 0 Å². The first kappa shape index (κ1) is 14.6. The van der Waals surface area contributed by atoms with E-state index in [2.05, 4.69) is 0 Å². The highest BCUT2D eigenvalue weighted by molar-refractivity contribution is 5.73. The first-order chi connectivity index (χ1) is 9.09. The molecule has 5 nitrogen and oxygen atoms in total. The van der Waals surface area contributed by atoms with Crippen molar-refractivity contribution in [2.45, 2.75) is 19.3 Å². The molecule has 1 spiro atoms. The average Bonchev–Trinajstić information content (AvgIpc) is 2.42. The zero-order valence-electron chi connectivity index (χ0n) is 12.4. The van der Waals surface area contributed by atoms with Crippen LogP contribution in [0.5, 0.6) is 0 Å². The molecule has 0 unspecified atom stereocenters. The number of amides is 2. The topological polar surface area (TPSA) is 42.0 Å². The van der Waals surface area contributed by atoms with Crippen molar-refractivity contribution in [2.75, 3.05) is 54.1 Å². The fraction of sp³-hybridized carbons (Fsp3) is 0.929.